The number of halogens is 1. The molecular weight excluding hydrogens is 332 g/mol. The minimum absolute atomic E-state index is 0. The van der Waals surface area contributed by atoms with E-state index in [2.05, 4.69) is 17.4 Å². The van der Waals surface area contributed by atoms with Crippen LogP contribution in [0.4, 0.5) is 5.69 Å². The molecule has 24 heavy (non-hydrogen) atoms. The lowest BCUT2D eigenvalue weighted by Crippen LogP contribution is -2.23. The van der Waals surface area contributed by atoms with Gasteiger partial charge in [0.1, 0.15) is 6.61 Å². The van der Waals surface area contributed by atoms with Crippen molar-refractivity contribution in [2.75, 3.05) is 19.7 Å². The number of carbonyl (C=O) groups is 1. The van der Waals surface area contributed by atoms with Crippen LogP contribution in [0.5, 0.6) is 0 Å². The van der Waals surface area contributed by atoms with Crippen molar-refractivity contribution in [2.45, 2.75) is 6.42 Å². The predicted molar refractivity (Wildman–Crippen MR) is 93.6 cm³/mol. The number of nitrogens with zero attached hydrogens (tertiary/aromatic N) is 1. The lowest BCUT2D eigenvalue weighted by molar-refractivity contribution is -0.384. The van der Waals surface area contributed by atoms with Gasteiger partial charge in [-0.1, -0.05) is 30.3 Å². The summed E-state index contributed by atoms with van der Waals surface area (Å²) in [6.45, 7) is 1.62. The summed E-state index contributed by atoms with van der Waals surface area (Å²) in [6.07, 6.45) is 0.914. The monoisotopic (exact) mass is 350 g/mol. The lowest BCUT2D eigenvalue weighted by Gasteiger charge is -2.06. The Morgan fingerprint density at radius 3 is 2.33 bits per heavy atom. The smallest absolute Gasteiger partial charge is 0.338 e. The van der Waals surface area contributed by atoms with Gasteiger partial charge in [-0.15, -0.1) is 12.4 Å². The van der Waals surface area contributed by atoms with Crippen LogP contribution in [0, 0.1) is 10.1 Å². The van der Waals surface area contributed by atoms with Crippen LogP contribution < -0.4 is 5.32 Å². The van der Waals surface area contributed by atoms with Gasteiger partial charge in [-0.3, -0.25) is 10.1 Å². The van der Waals surface area contributed by atoms with E-state index in [1.54, 1.807) is 0 Å². The van der Waals surface area contributed by atoms with Crippen molar-refractivity contribution in [1.29, 1.82) is 0 Å². The molecule has 0 spiro atoms. The highest BCUT2D eigenvalue weighted by atomic mass is 35.5. The summed E-state index contributed by atoms with van der Waals surface area (Å²) in [6, 6.07) is 15.5. The van der Waals surface area contributed by atoms with Crippen molar-refractivity contribution in [3.05, 3.63) is 75.8 Å². The molecule has 0 heterocycles. The zero-order chi connectivity index (χ0) is 16.5. The van der Waals surface area contributed by atoms with Crippen molar-refractivity contribution in [2.24, 2.45) is 0 Å². The van der Waals surface area contributed by atoms with Crippen LogP contribution in [-0.2, 0) is 11.2 Å². The van der Waals surface area contributed by atoms with E-state index in [0.29, 0.717) is 12.1 Å². The Labute approximate surface area is 146 Å². The first-order valence-corrected chi connectivity index (χ1v) is 7.33. The van der Waals surface area contributed by atoms with Gasteiger partial charge in [0.2, 0.25) is 0 Å². The minimum atomic E-state index is -0.508. The van der Waals surface area contributed by atoms with Crippen molar-refractivity contribution in [3.8, 4) is 0 Å². The second kappa shape index (κ2) is 10.4. The molecule has 0 aliphatic carbocycles. The number of hydrogen-bond acceptors (Lipinski definition) is 5. The van der Waals surface area contributed by atoms with Crippen LogP contribution in [0.3, 0.4) is 0 Å². The number of nitro groups is 1. The summed E-state index contributed by atoms with van der Waals surface area (Å²) in [4.78, 5) is 21.8. The first-order chi connectivity index (χ1) is 11.2. The van der Waals surface area contributed by atoms with E-state index in [0.717, 1.165) is 13.0 Å². The third kappa shape index (κ3) is 6.36. The Morgan fingerprint density at radius 2 is 1.71 bits per heavy atom. The van der Waals surface area contributed by atoms with Gasteiger partial charge in [-0.2, -0.15) is 0 Å². The Hall–Kier alpha value is -2.44. The maximum absolute atomic E-state index is 11.8. The number of rotatable bonds is 8. The zero-order valence-electron chi connectivity index (χ0n) is 13.0. The molecule has 0 aliphatic heterocycles. The van der Waals surface area contributed by atoms with E-state index in [9.17, 15) is 14.9 Å². The van der Waals surface area contributed by atoms with Crippen molar-refractivity contribution in [3.63, 3.8) is 0 Å². The normalized spacial score (nSPS) is 9.83. The summed E-state index contributed by atoms with van der Waals surface area (Å²) in [5, 5.41) is 13.7. The van der Waals surface area contributed by atoms with E-state index in [-0.39, 0.29) is 24.7 Å². The van der Waals surface area contributed by atoms with Gasteiger partial charge in [-0.25, -0.2) is 4.79 Å². The maximum atomic E-state index is 11.8. The molecule has 1 N–H and O–H groups in total. The first kappa shape index (κ1) is 19.6. The fraction of sp³-hybridized carbons (Fsp3) is 0.235. The predicted octanol–water partition coefficient (Wildman–Crippen LogP) is 3.01. The Bertz CT molecular complexity index is 647. The molecule has 0 bridgehead atoms. The molecule has 0 atom stereocenters. The first-order valence-electron chi connectivity index (χ1n) is 7.33. The molecule has 0 amide bonds. The molecule has 2 aromatic carbocycles. The minimum Gasteiger partial charge on any atom is -0.461 e. The second-order valence-corrected chi connectivity index (χ2v) is 4.93. The summed E-state index contributed by atoms with van der Waals surface area (Å²) < 4.78 is 5.11. The highest BCUT2D eigenvalue weighted by Crippen LogP contribution is 2.12. The number of nitro benzene ring substituents is 1. The molecule has 2 aromatic rings. The molecular formula is C17H19ClN2O4. The van der Waals surface area contributed by atoms with Gasteiger partial charge in [0.15, 0.2) is 0 Å². The van der Waals surface area contributed by atoms with Gasteiger partial charge in [0, 0.05) is 18.7 Å². The van der Waals surface area contributed by atoms with Crippen LogP contribution in [0.25, 0.3) is 0 Å². The van der Waals surface area contributed by atoms with Gasteiger partial charge >= 0.3 is 5.97 Å². The largest absolute Gasteiger partial charge is 0.461 e. The lowest BCUT2D eigenvalue weighted by atomic mass is 10.1. The highest BCUT2D eigenvalue weighted by Gasteiger charge is 2.10. The molecule has 0 radical (unpaired) electrons. The molecule has 0 saturated heterocycles. The molecule has 0 aliphatic rings. The van der Waals surface area contributed by atoms with Gasteiger partial charge in [0.05, 0.1) is 10.5 Å². The molecule has 2 rings (SSSR count). The van der Waals surface area contributed by atoms with Crippen LogP contribution in [0.15, 0.2) is 54.6 Å². The summed E-state index contributed by atoms with van der Waals surface area (Å²) in [5.41, 5.74) is 1.51. The molecule has 7 heteroatoms. The average Bonchev–Trinajstić information content (AvgIpc) is 2.58. The Kier molecular flexibility index (Phi) is 8.46. The highest BCUT2D eigenvalue weighted by molar-refractivity contribution is 5.89. The maximum Gasteiger partial charge on any atom is 0.338 e. The molecule has 128 valence electrons. The number of ether oxygens (including phenoxy) is 1. The molecule has 6 nitrogen and oxygen atoms in total. The topological polar surface area (TPSA) is 81.5 Å². The number of non-ortho nitro benzene ring substituents is 1. The van der Waals surface area contributed by atoms with E-state index in [1.165, 1.54) is 29.8 Å². The average molecular weight is 351 g/mol. The SMILES string of the molecule is Cl.O=C(OCCNCCc1ccccc1)c1ccc([N+](=O)[O-])cc1. The molecule has 0 aromatic heterocycles. The summed E-state index contributed by atoms with van der Waals surface area (Å²) in [7, 11) is 0. The molecule has 0 unspecified atom stereocenters. The third-order valence-corrected chi connectivity index (χ3v) is 3.26. The van der Waals surface area contributed by atoms with E-state index in [1.807, 2.05) is 18.2 Å². The van der Waals surface area contributed by atoms with Crippen LogP contribution in [-0.4, -0.2) is 30.6 Å². The number of esters is 1. The van der Waals surface area contributed by atoms with E-state index >= 15 is 0 Å². The van der Waals surface area contributed by atoms with Gasteiger partial charge < -0.3 is 10.1 Å². The third-order valence-electron chi connectivity index (χ3n) is 3.26. The van der Waals surface area contributed by atoms with Gasteiger partial charge in [-0.05, 0) is 30.7 Å². The Balaban J connectivity index is 0.00000288. The van der Waals surface area contributed by atoms with Crippen LogP contribution in [0.1, 0.15) is 15.9 Å². The fourth-order valence-electron chi connectivity index (χ4n) is 2.02. The summed E-state index contributed by atoms with van der Waals surface area (Å²) in [5.74, 6) is -0.482. The van der Waals surface area contributed by atoms with Crippen LogP contribution >= 0.6 is 12.4 Å². The molecule has 0 fully saturated rings. The fourth-order valence-corrected chi connectivity index (χ4v) is 2.02. The van der Waals surface area contributed by atoms with E-state index < -0.39 is 10.9 Å². The summed E-state index contributed by atoms with van der Waals surface area (Å²) >= 11 is 0. The van der Waals surface area contributed by atoms with Crippen molar-refractivity contribution >= 4 is 24.1 Å². The quantitative estimate of drug-likeness (QED) is 0.342. The number of nitrogens with one attached hydrogen (secondary N) is 1. The van der Waals surface area contributed by atoms with Crippen LogP contribution in [0.2, 0.25) is 0 Å². The van der Waals surface area contributed by atoms with Crippen molar-refractivity contribution < 1.29 is 14.5 Å². The Morgan fingerprint density at radius 1 is 1.04 bits per heavy atom. The standard InChI is InChI=1S/C17H18N2O4.ClH/c20-17(15-6-8-16(9-7-15)19(21)22)23-13-12-18-11-10-14-4-2-1-3-5-14;/h1-9,18H,10-13H2;1H. The molecule has 0 saturated carbocycles. The number of benzene rings is 2. The number of hydrogen-bond donors (Lipinski definition) is 1. The van der Waals surface area contributed by atoms with Crippen molar-refractivity contribution in [1.82, 2.24) is 5.32 Å². The van der Waals surface area contributed by atoms with Gasteiger partial charge in [0.25, 0.3) is 5.69 Å². The second-order valence-electron chi connectivity index (χ2n) is 4.93. The number of carbonyl (C=O) groups excluding carboxylic acids is 1. The van der Waals surface area contributed by atoms with E-state index in [4.69, 9.17) is 4.74 Å². The zero-order valence-corrected chi connectivity index (χ0v) is 13.8.